The Morgan fingerprint density at radius 3 is 2.91 bits per heavy atom. The van der Waals surface area contributed by atoms with Crippen LogP contribution in [0.4, 0.5) is 0 Å². The summed E-state index contributed by atoms with van der Waals surface area (Å²) in [6, 6.07) is 9.26. The second-order valence-corrected chi connectivity index (χ2v) is 7.87. The van der Waals surface area contributed by atoms with Gasteiger partial charge in [-0.3, -0.25) is 4.79 Å². The van der Waals surface area contributed by atoms with Gasteiger partial charge in [0.25, 0.3) is 5.56 Å². The minimum absolute atomic E-state index is 0.0855. The number of rotatable bonds is 3. The fourth-order valence-electron chi connectivity index (χ4n) is 4.39. The molecule has 8 nitrogen and oxygen atoms in total. The topological polar surface area (TPSA) is 108 Å². The summed E-state index contributed by atoms with van der Waals surface area (Å²) in [7, 11) is 1.31. The van der Waals surface area contributed by atoms with Crippen molar-refractivity contribution in [3.63, 3.8) is 0 Å². The number of fused-ring (bicyclic) bond motifs is 5. The molecular formula is C24H20N2O6. The van der Waals surface area contributed by atoms with E-state index in [-0.39, 0.29) is 29.7 Å². The number of ether oxygens (including phenoxy) is 2. The minimum Gasteiger partial charge on any atom is -0.466 e. The first-order chi connectivity index (χ1) is 15.4. The largest absolute Gasteiger partial charge is 0.466 e. The van der Waals surface area contributed by atoms with Crippen LogP contribution in [0.15, 0.2) is 41.2 Å². The number of aromatic nitrogens is 2. The Morgan fingerprint density at radius 1 is 1.34 bits per heavy atom. The number of cyclic esters (lactones) is 1. The summed E-state index contributed by atoms with van der Waals surface area (Å²) in [5.41, 5.74) is 1.79. The van der Waals surface area contributed by atoms with Crippen LogP contribution in [0, 0.1) is 0 Å². The molecule has 0 spiro atoms. The third-order valence-corrected chi connectivity index (χ3v) is 6.17. The first kappa shape index (κ1) is 20.1. The molecule has 4 heterocycles. The Balaban J connectivity index is 1.73. The second-order valence-electron chi connectivity index (χ2n) is 7.87. The third kappa shape index (κ3) is 2.80. The molecule has 0 bridgehead atoms. The molecule has 2 aliphatic rings. The van der Waals surface area contributed by atoms with Gasteiger partial charge < -0.3 is 19.1 Å². The van der Waals surface area contributed by atoms with Crippen LogP contribution in [0.25, 0.3) is 28.4 Å². The van der Waals surface area contributed by atoms with Crippen molar-refractivity contribution in [1.29, 1.82) is 0 Å². The van der Waals surface area contributed by atoms with Crippen molar-refractivity contribution in [3.8, 4) is 11.4 Å². The van der Waals surface area contributed by atoms with Crippen molar-refractivity contribution < 1.29 is 24.2 Å². The molecule has 0 unspecified atom stereocenters. The maximum atomic E-state index is 13.2. The van der Waals surface area contributed by atoms with E-state index in [1.807, 2.05) is 24.3 Å². The van der Waals surface area contributed by atoms with E-state index in [0.29, 0.717) is 23.4 Å². The highest BCUT2D eigenvalue weighted by Crippen LogP contribution is 2.38. The predicted octanol–water partition coefficient (Wildman–Crippen LogP) is 2.27. The van der Waals surface area contributed by atoms with Crippen molar-refractivity contribution in [2.45, 2.75) is 32.1 Å². The number of carbonyl (C=O) groups excluding carboxylic acids is 2. The van der Waals surface area contributed by atoms with Crippen LogP contribution in [0.1, 0.15) is 35.6 Å². The molecule has 2 aliphatic heterocycles. The molecule has 0 saturated carbocycles. The summed E-state index contributed by atoms with van der Waals surface area (Å²) < 4.78 is 11.4. The van der Waals surface area contributed by atoms with Gasteiger partial charge in [0, 0.05) is 28.2 Å². The van der Waals surface area contributed by atoms with E-state index in [9.17, 15) is 19.5 Å². The van der Waals surface area contributed by atoms with Crippen LogP contribution in [0.5, 0.6) is 0 Å². The molecule has 0 fully saturated rings. The van der Waals surface area contributed by atoms with E-state index in [1.165, 1.54) is 13.2 Å². The monoisotopic (exact) mass is 432 g/mol. The third-order valence-electron chi connectivity index (χ3n) is 6.17. The van der Waals surface area contributed by atoms with Crippen LogP contribution < -0.4 is 5.56 Å². The molecule has 8 heteroatoms. The Bertz CT molecular complexity index is 1400. The summed E-state index contributed by atoms with van der Waals surface area (Å²) in [5.74, 6) is -1.23. The Hall–Kier alpha value is -3.78. The van der Waals surface area contributed by atoms with Gasteiger partial charge in [-0.25, -0.2) is 14.6 Å². The van der Waals surface area contributed by atoms with Crippen LogP contribution in [0.3, 0.4) is 0 Å². The van der Waals surface area contributed by atoms with Gasteiger partial charge in [-0.15, -0.1) is 0 Å². The average molecular weight is 432 g/mol. The van der Waals surface area contributed by atoms with E-state index in [4.69, 9.17) is 9.72 Å². The van der Waals surface area contributed by atoms with Crippen molar-refractivity contribution in [3.05, 3.63) is 69.0 Å². The Kier molecular flexibility index (Phi) is 4.49. The van der Waals surface area contributed by atoms with E-state index >= 15 is 0 Å². The van der Waals surface area contributed by atoms with Gasteiger partial charge in [0.1, 0.15) is 6.61 Å². The Morgan fingerprint density at radius 2 is 2.16 bits per heavy atom. The molecule has 5 rings (SSSR count). The highest BCUT2D eigenvalue weighted by Gasteiger charge is 2.45. The fraction of sp³-hybridized carbons (Fsp3) is 0.250. The highest BCUT2D eigenvalue weighted by molar-refractivity contribution is 5.94. The number of pyridine rings is 2. The minimum atomic E-state index is -1.86. The summed E-state index contributed by atoms with van der Waals surface area (Å²) in [6.45, 7) is 1.84. The maximum Gasteiger partial charge on any atom is 0.343 e. The summed E-state index contributed by atoms with van der Waals surface area (Å²) in [6.07, 6.45) is 3.04. The summed E-state index contributed by atoms with van der Waals surface area (Å²) in [5, 5.41) is 11.8. The Labute approximate surface area is 182 Å². The van der Waals surface area contributed by atoms with Gasteiger partial charge in [-0.1, -0.05) is 25.1 Å². The predicted molar refractivity (Wildman–Crippen MR) is 116 cm³/mol. The zero-order chi connectivity index (χ0) is 22.6. The summed E-state index contributed by atoms with van der Waals surface area (Å²) in [4.78, 5) is 41.9. The molecule has 0 radical (unpaired) electrons. The zero-order valence-electron chi connectivity index (χ0n) is 17.5. The average Bonchev–Trinajstić information content (AvgIpc) is 3.16. The number of para-hydroxylation sites is 1. The van der Waals surface area contributed by atoms with E-state index < -0.39 is 17.5 Å². The van der Waals surface area contributed by atoms with Crippen molar-refractivity contribution in [2.24, 2.45) is 0 Å². The number of aliphatic hydroxyl groups is 1. The van der Waals surface area contributed by atoms with Gasteiger partial charge in [0.15, 0.2) is 5.60 Å². The van der Waals surface area contributed by atoms with Gasteiger partial charge >= 0.3 is 11.9 Å². The molecule has 0 amide bonds. The lowest BCUT2D eigenvalue weighted by Crippen LogP contribution is -2.44. The molecule has 1 N–H and O–H groups in total. The maximum absolute atomic E-state index is 13.2. The number of methoxy groups -OCH3 is 1. The molecule has 1 atom stereocenters. The normalized spacial score (nSPS) is 18.9. The standard InChI is InChI=1S/C24H20N2O6/c1-3-24(30)17-10-18-21-15(11-26(18)22(28)16(17)12-32-23(24)29)9-14-6-4-5-13(20(14)25-21)7-8-19(27)31-2/h4-10,30H,3,11-12H2,1-2H3/t24-/m0/s1. The second kappa shape index (κ2) is 7.13. The quantitative estimate of drug-likeness (QED) is 0.391. The number of carbonyl (C=O) groups is 2. The molecule has 162 valence electrons. The van der Waals surface area contributed by atoms with Crippen LogP contribution in [-0.4, -0.2) is 33.7 Å². The van der Waals surface area contributed by atoms with Gasteiger partial charge in [-0.05, 0) is 24.6 Å². The molecule has 1 aromatic carbocycles. The zero-order valence-corrected chi connectivity index (χ0v) is 17.5. The van der Waals surface area contributed by atoms with E-state index in [1.54, 1.807) is 23.6 Å². The molecule has 0 aliphatic carbocycles. The lowest BCUT2D eigenvalue weighted by Gasteiger charge is -2.31. The molecular weight excluding hydrogens is 412 g/mol. The fourth-order valence-corrected chi connectivity index (χ4v) is 4.39. The SMILES string of the molecule is CC[C@@]1(O)C(=O)OCc2c1cc1n(c2=O)Cc2cc3cccc(C=CC(=O)OC)c3nc2-1. The first-order valence-electron chi connectivity index (χ1n) is 10.2. The van der Waals surface area contributed by atoms with Crippen molar-refractivity contribution >= 4 is 28.9 Å². The van der Waals surface area contributed by atoms with Crippen LogP contribution in [0.2, 0.25) is 0 Å². The van der Waals surface area contributed by atoms with Gasteiger partial charge in [0.2, 0.25) is 0 Å². The molecule has 0 saturated heterocycles. The van der Waals surface area contributed by atoms with Gasteiger partial charge in [-0.2, -0.15) is 0 Å². The van der Waals surface area contributed by atoms with Crippen molar-refractivity contribution in [2.75, 3.05) is 7.11 Å². The number of esters is 2. The molecule has 32 heavy (non-hydrogen) atoms. The number of hydrogen-bond acceptors (Lipinski definition) is 7. The van der Waals surface area contributed by atoms with Gasteiger partial charge in [0.05, 0.1) is 36.1 Å². The van der Waals surface area contributed by atoms with Crippen LogP contribution >= 0.6 is 0 Å². The number of hydrogen-bond donors (Lipinski definition) is 1. The number of benzene rings is 1. The van der Waals surface area contributed by atoms with E-state index in [0.717, 1.165) is 16.5 Å². The van der Waals surface area contributed by atoms with E-state index in [2.05, 4.69) is 4.74 Å². The highest BCUT2D eigenvalue weighted by atomic mass is 16.6. The van der Waals surface area contributed by atoms with Crippen LogP contribution in [-0.2, 0) is 37.8 Å². The number of nitrogens with zero attached hydrogens (tertiary/aromatic N) is 2. The lowest BCUT2D eigenvalue weighted by atomic mass is 9.86. The smallest absolute Gasteiger partial charge is 0.343 e. The lowest BCUT2D eigenvalue weighted by molar-refractivity contribution is -0.172. The van der Waals surface area contributed by atoms with Crippen molar-refractivity contribution in [1.82, 2.24) is 9.55 Å². The molecule has 3 aromatic rings. The summed E-state index contributed by atoms with van der Waals surface area (Å²) >= 11 is 0. The molecule has 2 aromatic heterocycles. The first-order valence-corrected chi connectivity index (χ1v) is 10.2.